The number of hydrogen-bond acceptors (Lipinski definition) is 4. The second-order valence-electron chi connectivity index (χ2n) is 5.97. The van der Waals surface area contributed by atoms with Crippen LogP contribution in [0.2, 0.25) is 0 Å². The zero-order valence-electron chi connectivity index (χ0n) is 14.5. The van der Waals surface area contributed by atoms with Gasteiger partial charge in [-0.3, -0.25) is 9.78 Å². The topological polar surface area (TPSA) is 79.4 Å². The van der Waals surface area contributed by atoms with Crippen LogP contribution in [0.25, 0.3) is 0 Å². The summed E-state index contributed by atoms with van der Waals surface area (Å²) in [7, 11) is -3.39. The molecule has 0 aliphatic carbocycles. The maximum Gasteiger partial charge on any atom is 0.221 e. The summed E-state index contributed by atoms with van der Waals surface area (Å²) in [4.78, 5) is 16.0. The van der Waals surface area contributed by atoms with Gasteiger partial charge in [0, 0.05) is 38.4 Å². The number of hydrogen-bond donors (Lipinski definition) is 1. The monoisotopic (exact) mass is 361 g/mol. The van der Waals surface area contributed by atoms with Crippen molar-refractivity contribution in [2.45, 2.75) is 26.4 Å². The van der Waals surface area contributed by atoms with Gasteiger partial charge >= 0.3 is 0 Å². The van der Waals surface area contributed by atoms with Crippen molar-refractivity contribution in [3.63, 3.8) is 0 Å². The molecular weight excluding hydrogens is 338 g/mol. The van der Waals surface area contributed by atoms with Crippen LogP contribution in [-0.4, -0.2) is 36.4 Å². The Bertz CT molecular complexity index is 790. The average molecular weight is 361 g/mol. The smallest absolute Gasteiger partial charge is 0.221 e. The van der Waals surface area contributed by atoms with Crippen molar-refractivity contribution < 1.29 is 13.2 Å². The standard InChI is InChI=1S/C18H23N3O3S/c1-15-5-7-16(8-6-15)14-21(25(2,23)24)11-9-18(22)20-13-17-4-3-10-19-12-17/h3-8,10,12H,9,11,13-14H2,1-2H3,(H,20,22). The second kappa shape index (κ2) is 8.73. The van der Waals surface area contributed by atoms with E-state index >= 15 is 0 Å². The van der Waals surface area contributed by atoms with Crippen molar-refractivity contribution in [2.24, 2.45) is 0 Å². The molecule has 1 N–H and O–H groups in total. The predicted molar refractivity (Wildman–Crippen MR) is 97.1 cm³/mol. The minimum Gasteiger partial charge on any atom is -0.352 e. The third-order valence-electron chi connectivity index (χ3n) is 3.75. The first kappa shape index (κ1) is 19.1. The minimum absolute atomic E-state index is 0.110. The van der Waals surface area contributed by atoms with Crippen molar-refractivity contribution in [2.75, 3.05) is 12.8 Å². The first-order chi connectivity index (χ1) is 11.8. The van der Waals surface area contributed by atoms with Crippen LogP contribution in [-0.2, 0) is 27.9 Å². The van der Waals surface area contributed by atoms with E-state index in [0.717, 1.165) is 22.9 Å². The summed E-state index contributed by atoms with van der Waals surface area (Å²) in [5.41, 5.74) is 2.91. The molecule has 6 nitrogen and oxygen atoms in total. The van der Waals surface area contributed by atoms with Gasteiger partial charge in [-0.1, -0.05) is 35.9 Å². The fourth-order valence-electron chi connectivity index (χ4n) is 2.28. The molecule has 1 heterocycles. The lowest BCUT2D eigenvalue weighted by atomic mass is 10.1. The number of carbonyl (C=O) groups is 1. The molecule has 0 saturated heterocycles. The fourth-order valence-corrected chi connectivity index (χ4v) is 3.08. The molecule has 0 radical (unpaired) electrons. The SMILES string of the molecule is Cc1ccc(CN(CCC(=O)NCc2cccnc2)S(C)(=O)=O)cc1. The molecule has 0 unspecified atom stereocenters. The number of sulfonamides is 1. The Hall–Kier alpha value is -2.25. The van der Waals surface area contributed by atoms with Gasteiger partial charge < -0.3 is 5.32 Å². The van der Waals surface area contributed by atoms with Crippen molar-refractivity contribution in [1.29, 1.82) is 0 Å². The first-order valence-electron chi connectivity index (χ1n) is 8.01. The van der Waals surface area contributed by atoms with E-state index in [1.165, 1.54) is 4.31 Å². The highest BCUT2D eigenvalue weighted by molar-refractivity contribution is 7.88. The molecule has 0 fully saturated rings. The van der Waals surface area contributed by atoms with Crippen LogP contribution in [0, 0.1) is 6.92 Å². The van der Waals surface area contributed by atoms with Gasteiger partial charge in [0.05, 0.1) is 6.26 Å². The summed E-state index contributed by atoms with van der Waals surface area (Å²) in [6.07, 6.45) is 4.62. The van der Waals surface area contributed by atoms with Crippen LogP contribution in [0.1, 0.15) is 23.1 Å². The van der Waals surface area contributed by atoms with E-state index < -0.39 is 10.0 Å². The van der Waals surface area contributed by atoms with Crippen LogP contribution in [0.15, 0.2) is 48.8 Å². The maximum absolute atomic E-state index is 12.0. The Kier molecular flexibility index (Phi) is 6.66. The number of pyridine rings is 1. The quantitative estimate of drug-likeness (QED) is 0.778. The summed E-state index contributed by atoms with van der Waals surface area (Å²) in [5.74, 6) is -0.193. The summed E-state index contributed by atoms with van der Waals surface area (Å²) in [5, 5.41) is 2.78. The van der Waals surface area contributed by atoms with Gasteiger partial charge in [0.15, 0.2) is 0 Å². The Labute approximate surface area is 148 Å². The molecule has 7 heteroatoms. The normalized spacial score (nSPS) is 11.5. The van der Waals surface area contributed by atoms with Gasteiger partial charge in [0.1, 0.15) is 0 Å². The van der Waals surface area contributed by atoms with E-state index in [1.807, 2.05) is 37.3 Å². The van der Waals surface area contributed by atoms with Crippen molar-refractivity contribution in [3.05, 3.63) is 65.5 Å². The fraction of sp³-hybridized carbons (Fsp3) is 0.333. The van der Waals surface area contributed by atoms with Gasteiger partial charge in [-0.05, 0) is 24.1 Å². The molecule has 0 bridgehead atoms. The predicted octanol–water partition coefficient (Wildman–Crippen LogP) is 1.86. The zero-order chi connectivity index (χ0) is 18.3. The number of benzene rings is 1. The molecule has 1 amide bonds. The number of nitrogens with zero attached hydrogens (tertiary/aromatic N) is 2. The molecule has 1 aromatic carbocycles. The van der Waals surface area contributed by atoms with Crippen molar-refractivity contribution >= 4 is 15.9 Å². The zero-order valence-corrected chi connectivity index (χ0v) is 15.3. The summed E-state index contributed by atoms with van der Waals surface area (Å²) < 4.78 is 25.3. The number of aromatic nitrogens is 1. The largest absolute Gasteiger partial charge is 0.352 e. The van der Waals surface area contributed by atoms with Gasteiger partial charge in [-0.25, -0.2) is 8.42 Å². The first-order valence-corrected chi connectivity index (χ1v) is 9.86. The number of amides is 1. The van der Waals surface area contributed by atoms with Crippen LogP contribution >= 0.6 is 0 Å². The number of nitrogens with one attached hydrogen (secondary N) is 1. The minimum atomic E-state index is -3.39. The van der Waals surface area contributed by atoms with E-state index in [4.69, 9.17) is 0 Å². The Balaban J connectivity index is 1.89. The molecular formula is C18H23N3O3S. The molecule has 1 aromatic heterocycles. The van der Waals surface area contributed by atoms with Crippen molar-refractivity contribution in [1.82, 2.24) is 14.6 Å². The van der Waals surface area contributed by atoms with E-state index in [1.54, 1.807) is 18.5 Å². The molecule has 0 spiro atoms. The third-order valence-corrected chi connectivity index (χ3v) is 5.00. The summed E-state index contributed by atoms with van der Waals surface area (Å²) in [6.45, 7) is 2.76. The molecule has 25 heavy (non-hydrogen) atoms. The average Bonchev–Trinajstić information content (AvgIpc) is 2.58. The molecule has 0 saturated carbocycles. The van der Waals surface area contributed by atoms with E-state index in [2.05, 4.69) is 10.3 Å². The molecule has 0 atom stereocenters. The second-order valence-corrected chi connectivity index (χ2v) is 7.95. The van der Waals surface area contributed by atoms with Crippen molar-refractivity contribution in [3.8, 4) is 0 Å². The highest BCUT2D eigenvalue weighted by Crippen LogP contribution is 2.10. The van der Waals surface area contributed by atoms with Crippen LogP contribution in [0.3, 0.4) is 0 Å². The van der Waals surface area contributed by atoms with Gasteiger partial charge in [0.25, 0.3) is 0 Å². The van der Waals surface area contributed by atoms with Gasteiger partial charge in [-0.2, -0.15) is 4.31 Å². The Morgan fingerprint density at radius 1 is 1.16 bits per heavy atom. The maximum atomic E-state index is 12.0. The van der Waals surface area contributed by atoms with E-state index in [9.17, 15) is 13.2 Å². The molecule has 0 aliphatic rings. The van der Waals surface area contributed by atoms with Crippen LogP contribution < -0.4 is 5.32 Å². The summed E-state index contributed by atoms with van der Waals surface area (Å²) >= 11 is 0. The van der Waals surface area contributed by atoms with Gasteiger partial charge in [-0.15, -0.1) is 0 Å². The molecule has 134 valence electrons. The molecule has 2 aromatic rings. The highest BCUT2D eigenvalue weighted by atomic mass is 32.2. The summed E-state index contributed by atoms with van der Waals surface area (Å²) in [6, 6.07) is 11.3. The lowest BCUT2D eigenvalue weighted by molar-refractivity contribution is -0.121. The Morgan fingerprint density at radius 2 is 1.88 bits per heavy atom. The van der Waals surface area contributed by atoms with E-state index in [0.29, 0.717) is 6.54 Å². The number of rotatable bonds is 8. The third kappa shape index (κ3) is 6.64. The highest BCUT2D eigenvalue weighted by Gasteiger charge is 2.18. The van der Waals surface area contributed by atoms with Gasteiger partial charge in [0.2, 0.25) is 15.9 Å². The number of aryl methyl sites for hydroxylation is 1. The number of carbonyl (C=O) groups excluding carboxylic acids is 1. The van der Waals surface area contributed by atoms with Crippen LogP contribution in [0.4, 0.5) is 0 Å². The molecule has 0 aliphatic heterocycles. The molecule has 2 rings (SSSR count). The Morgan fingerprint density at radius 3 is 2.48 bits per heavy atom. The van der Waals surface area contributed by atoms with E-state index in [-0.39, 0.29) is 25.4 Å². The van der Waals surface area contributed by atoms with Crippen LogP contribution in [0.5, 0.6) is 0 Å². The lowest BCUT2D eigenvalue weighted by Gasteiger charge is -2.20. The lowest BCUT2D eigenvalue weighted by Crippen LogP contribution is -2.34.